The minimum absolute atomic E-state index is 0.732. The molecule has 0 N–H and O–H groups in total. The SMILES string of the molecule is COc1ccc(-c2cc(P)on2)cc1. The number of aromatic nitrogens is 1. The molecule has 1 unspecified atom stereocenters. The number of ether oxygens (including phenoxy) is 1. The lowest BCUT2D eigenvalue weighted by Crippen LogP contribution is -1.82. The van der Waals surface area contributed by atoms with Crippen molar-refractivity contribution in [1.82, 2.24) is 5.16 Å². The van der Waals surface area contributed by atoms with Crippen LogP contribution in [-0.4, -0.2) is 12.3 Å². The maximum Gasteiger partial charge on any atom is 0.152 e. The first-order valence-electron chi connectivity index (χ1n) is 4.16. The topological polar surface area (TPSA) is 35.3 Å². The van der Waals surface area contributed by atoms with Crippen molar-refractivity contribution in [2.75, 3.05) is 7.11 Å². The third-order valence-electron chi connectivity index (χ3n) is 1.91. The van der Waals surface area contributed by atoms with Crippen LogP contribution < -0.4 is 10.2 Å². The lowest BCUT2D eigenvalue weighted by molar-refractivity contribution is 0.415. The molecule has 1 aromatic heterocycles. The van der Waals surface area contributed by atoms with E-state index in [1.54, 1.807) is 7.11 Å². The van der Waals surface area contributed by atoms with Gasteiger partial charge in [0.15, 0.2) is 5.50 Å². The van der Waals surface area contributed by atoms with Gasteiger partial charge in [0, 0.05) is 11.6 Å². The molecule has 4 heteroatoms. The Hall–Kier alpha value is -1.34. The number of nitrogens with zero attached hydrogens (tertiary/aromatic N) is 1. The molecule has 0 amide bonds. The molecule has 1 heterocycles. The molecule has 2 rings (SSSR count). The molecule has 0 bridgehead atoms. The molecule has 1 atom stereocenters. The number of hydrogen-bond acceptors (Lipinski definition) is 3. The van der Waals surface area contributed by atoms with E-state index in [-0.39, 0.29) is 0 Å². The van der Waals surface area contributed by atoms with Gasteiger partial charge in [-0.25, -0.2) is 0 Å². The number of benzene rings is 1. The number of methoxy groups -OCH3 is 1. The van der Waals surface area contributed by atoms with Crippen LogP contribution in [0.15, 0.2) is 34.9 Å². The lowest BCUT2D eigenvalue weighted by atomic mass is 10.1. The largest absolute Gasteiger partial charge is 0.497 e. The zero-order valence-electron chi connectivity index (χ0n) is 7.73. The first-order chi connectivity index (χ1) is 6.79. The van der Waals surface area contributed by atoms with E-state index in [4.69, 9.17) is 9.26 Å². The molecule has 0 aliphatic heterocycles. The fraction of sp³-hybridized carbons (Fsp3) is 0.100. The highest BCUT2D eigenvalue weighted by Crippen LogP contribution is 2.20. The van der Waals surface area contributed by atoms with Gasteiger partial charge in [-0.15, -0.1) is 0 Å². The maximum absolute atomic E-state index is 5.06. The highest BCUT2D eigenvalue weighted by Gasteiger charge is 2.03. The Balaban J connectivity index is 2.33. The molecule has 72 valence electrons. The van der Waals surface area contributed by atoms with Gasteiger partial charge in [-0.1, -0.05) is 14.4 Å². The van der Waals surface area contributed by atoms with Crippen LogP contribution in [-0.2, 0) is 0 Å². The Kier molecular flexibility index (Phi) is 2.51. The summed E-state index contributed by atoms with van der Waals surface area (Å²) in [5.74, 6) is 0.836. The van der Waals surface area contributed by atoms with Gasteiger partial charge in [0.05, 0.1) is 7.11 Å². The molecule has 14 heavy (non-hydrogen) atoms. The van der Waals surface area contributed by atoms with Gasteiger partial charge in [0.1, 0.15) is 11.4 Å². The van der Waals surface area contributed by atoms with Gasteiger partial charge in [-0.2, -0.15) is 0 Å². The molecular weight excluding hydrogens is 197 g/mol. The molecule has 0 saturated heterocycles. The van der Waals surface area contributed by atoms with Gasteiger partial charge >= 0.3 is 0 Å². The third kappa shape index (κ3) is 1.78. The van der Waals surface area contributed by atoms with Crippen molar-refractivity contribution in [3.63, 3.8) is 0 Å². The zero-order valence-corrected chi connectivity index (χ0v) is 8.88. The van der Waals surface area contributed by atoms with Crippen LogP contribution in [0.4, 0.5) is 0 Å². The predicted molar refractivity (Wildman–Crippen MR) is 57.8 cm³/mol. The molecule has 0 fully saturated rings. The first-order valence-corrected chi connectivity index (χ1v) is 4.74. The van der Waals surface area contributed by atoms with Crippen molar-refractivity contribution in [3.8, 4) is 17.0 Å². The van der Waals surface area contributed by atoms with Crippen molar-refractivity contribution >= 4 is 14.7 Å². The Labute approximate surface area is 84.3 Å². The second-order valence-electron chi connectivity index (χ2n) is 2.84. The van der Waals surface area contributed by atoms with E-state index in [1.165, 1.54) is 0 Å². The van der Waals surface area contributed by atoms with Gasteiger partial charge < -0.3 is 9.26 Å². The monoisotopic (exact) mass is 207 g/mol. The highest BCUT2D eigenvalue weighted by molar-refractivity contribution is 7.26. The molecule has 1 aromatic carbocycles. The number of hydrogen-bond donors (Lipinski definition) is 0. The van der Waals surface area contributed by atoms with Crippen LogP contribution >= 0.6 is 9.24 Å². The first kappa shape index (κ1) is 9.22. The number of rotatable bonds is 2. The molecule has 2 aromatic rings. The summed E-state index contributed by atoms with van der Waals surface area (Å²) in [6, 6.07) is 9.55. The molecule has 0 saturated carbocycles. The van der Waals surface area contributed by atoms with E-state index in [0.717, 1.165) is 22.5 Å². The van der Waals surface area contributed by atoms with Gasteiger partial charge in [-0.3, -0.25) is 0 Å². The summed E-state index contributed by atoms with van der Waals surface area (Å²) < 4.78 is 10.0. The van der Waals surface area contributed by atoms with E-state index in [1.807, 2.05) is 30.3 Å². The molecular formula is C10H10NO2P. The van der Waals surface area contributed by atoms with Crippen molar-refractivity contribution in [2.45, 2.75) is 0 Å². The fourth-order valence-electron chi connectivity index (χ4n) is 1.19. The van der Waals surface area contributed by atoms with E-state index < -0.39 is 0 Å². The standard InChI is InChI=1S/C10H10NO2P/c1-12-8-4-2-7(3-5-8)9-6-10(14)13-11-9/h2-6H,14H2,1H3. The Morgan fingerprint density at radius 3 is 2.50 bits per heavy atom. The predicted octanol–water partition coefficient (Wildman–Crippen LogP) is 1.85. The van der Waals surface area contributed by atoms with Gasteiger partial charge in [0.2, 0.25) is 0 Å². The van der Waals surface area contributed by atoms with Gasteiger partial charge in [0.25, 0.3) is 0 Å². The maximum atomic E-state index is 5.06. The smallest absolute Gasteiger partial charge is 0.152 e. The van der Waals surface area contributed by atoms with E-state index >= 15 is 0 Å². The summed E-state index contributed by atoms with van der Waals surface area (Å²) >= 11 is 0. The van der Waals surface area contributed by atoms with Crippen LogP contribution in [0.25, 0.3) is 11.3 Å². The molecule has 0 spiro atoms. The minimum Gasteiger partial charge on any atom is -0.497 e. The summed E-state index contributed by atoms with van der Waals surface area (Å²) in [5.41, 5.74) is 2.58. The third-order valence-corrected chi connectivity index (χ3v) is 2.19. The fourth-order valence-corrected chi connectivity index (χ4v) is 1.40. The van der Waals surface area contributed by atoms with E-state index in [0.29, 0.717) is 0 Å². The van der Waals surface area contributed by atoms with Crippen molar-refractivity contribution < 1.29 is 9.26 Å². The summed E-state index contributed by atoms with van der Waals surface area (Å²) in [6.45, 7) is 0. The summed E-state index contributed by atoms with van der Waals surface area (Å²) in [7, 11) is 4.11. The van der Waals surface area contributed by atoms with E-state index in [9.17, 15) is 0 Å². The normalized spacial score (nSPS) is 10.1. The minimum atomic E-state index is 0.732. The Morgan fingerprint density at radius 1 is 1.29 bits per heavy atom. The molecule has 0 radical (unpaired) electrons. The lowest BCUT2D eigenvalue weighted by Gasteiger charge is -1.99. The average molecular weight is 207 g/mol. The second-order valence-corrected chi connectivity index (χ2v) is 3.41. The summed E-state index contributed by atoms with van der Waals surface area (Å²) in [4.78, 5) is 0. The Bertz CT molecular complexity index is 422. The van der Waals surface area contributed by atoms with Crippen molar-refractivity contribution in [3.05, 3.63) is 30.3 Å². The quantitative estimate of drug-likeness (QED) is 0.705. The zero-order chi connectivity index (χ0) is 9.97. The van der Waals surface area contributed by atoms with Crippen LogP contribution in [0.2, 0.25) is 0 Å². The van der Waals surface area contributed by atoms with Crippen LogP contribution in [0, 0.1) is 0 Å². The van der Waals surface area contributed by atoms with Gasteiger partial charge in [-0.05, 0) is 24.3 Å². The molecule has 0 aliphatic rings. The van der Waals surface area contributed by atoms with Crippen LogP contribution in [0.1, 0.15) is 0 Å². The molecule has 3 nitrogen and oxygen atoms in total. The summed E-state index contributed by atoms with van der Waals surface area (Å²) in [6.07, 6.45) is 0. The summed E-state index contributed by atoms with van der Waals surface area (Å²) in [5, 5.41) is 3.90. The molecule has 0 aliphatic carbocycles. The van der Waals surface area contributed by atoms with Crippen molar-refractivity contribution in [1.29, 1.82) is 0 Å². The van der Waals surface area contributed by atoms with E-state index in [2.05, 4.69) is 14.4 Å². The Morgan fingerprint density at radius 2 is 2.00 bits per heavy atom. The average Bonchev–Trinajstić information content (AvgIpc) is 2.65. The highest BCUT2D eigenvalue weighted by atomic mass is 31.0. The second kappa shape index (κ2) is 3.81. The van der Waals surface area contributed by atoms with Crippen LogP contribution in [0.3, 0.4) is 0 Å². The van der Waals surface area contributed by atoms with Crippen LogP contribution in [0.5, 0.6) is 5.75 Å². The van der Waals surface area contributed by atoms with Crippen molar-refractivity contribution in [2.24, 2.45) is 0 Å².